The molecule has 2 N–H and O–H groups in total. The van der Waals surface area contributed by atoms with Gasteiger partial charge in [0, 0.05) is 24.5 Å². The summed E-state index contributed by atoms with van der Waals surface area (Å²) in [5.41, 5.74) is 5.36. The van der Waals surface area contributed by atoms with Crippen molar-refractivity contribution in [3.8, 4) is 0 Å². The van der Waals surface area contributed by atoms with Crippen LogP contribution in [-0.4, -0.2) is 31.3 Å². The van der Waals surface area contributed by atoms with E-state index in [1.54, 1.807) is 0 Å². The summed E-state index contributed by atoms with van der Waals surface area (Å²) in [6.45, 7) is 12.4. The highest BCUT2D eigenvalue weighted by Crippen LogP contribution is 2.34. The van der Waals surface area contributed by atoms with Gasteiger partial charge in [0.25, 0.3) is 0 Å². The summed E-state index contributed by atoms with van der Waals surface area (Å²) in [5, 5.41) is 6.81. The summed E-state index contributed by atoms with van der Waals surface area (Å²) >= 11 is 0. The molecule has 36 heavy (non-hydrogen) atoms. The van der Waals surface area contributed by atoms with E-state index in [1.165, 1.54) is 47.9 Å². The number of benzene rings is 2. The van der Waals surface area contributed by atoms with E-state index in [2.05, 4.69) is 93.8 Å². The van der Waals surface area contributed by atoms with Gasteiger partial charge in [-0.2, -0.15) is 0 Å². The van der Waals surface area contributed by atoms with Crippen molar-refractivity contribution >= 4 is 6.09 Å². The molecule has 1 saturated heterocycles. The van der Waals surface area contributed by atoms with Crippen molar-refractivity contribution in [2.24, 2.45) is 0 Å². The highest BCUT2D eigenvalue weighted by molar-refractivity contribution is 5.67. The van der Waals surface area contributed by atoms with Crippen molar-refractivity contribution in [1.82, 2.24) is 10.6 Å². The van der Waals surface area contributed by atoms with Crippen molar-refractivity contribution in [1.29, 1.82) is 0 Å². The van der Waals surface area contributed by atoms with Gasteiger partial charge in [-0.25, -0.2) is 4.79 Å². The Bertz CT molecular complexity index is 853. The molecule has 3 rings (SSSR count). The third-order valence-corrected chi connectivity index (χ3v) is 7.54. The van der Waals surface area contributed by atoms with Crippen molar-refractivity contribution < 1.29 is 9.53 Å². The van der Waals surface area contributed by atoms with E-state index >= 15 is 0 Å². The van der Waals surface area contributed by atoms with Crippen molar-refractivity contribution in [2.45, 2.75) is 109 Å². The predicted molar refractivity (Wildman–Crippen MR) is 151 cm³/mol. The lowest BCUT2D eigenvalue weighted by Crippen LogP contribution is -2.36. The largest absolute Gasteiger partial charge is 0.450 e. The normalized spacial score (nSPS) is 17.8. The molecule has 1 aliphatic rings. The van der Waals surface area contributed by atoms with Gasteiger partial charge >= 0.3 is 6.09 Å². The van der Waals surface area contributed by atoms with Gasteiger partial charge < -0.3 is 15.4 Å². The molecular weight excluding hydrogens is 444 g/mol. The van der Waals surface area contributed by atoms with E-state index in [-0.39, 0.29) is 24.1 Å². The molecule has 0 radical (unpaired) electrons. The number of amides is 1. The fourth-order valence-corrected chi connectivity index (χ4v) is 5.22. The third-order valence-electron chi connectivity index (χ3n) is 7.54. The van der Waals surface area contributed by atoms with Crippen LogP contribution in [0.2, 0.25) is 0 Å². The number of ether oxygens (including phenoxy) is 1. The van der Waals surface area contributed by atoms with Gasteiger partial charge in [-0.3, -0.25) is 0 Å². The Labute approximate surface area is 219 Å². The molecule has 198 valence electrons. The molecule has 4 nitrogen and oxygen atoms in total. The van der Waals surface area contributed by atoms with E-state index in [9.17, 15) is 4.79 Å². The third kappa shape index (κ3) is 8.37. The van der Waals surface area contributed by atoms with Gasteiger partial charge in [0.1, 0.15) is 0 Å². The first-order valence-corrected chi connectivity index (χ1v) is 14.2. The van der Waals surface area contributed by atoms with Crippen LogP contribution in [0.4, 0.5) is 4.79 Å². The number of hydrogen-bond acceptors (Lipinski definition) is 3. The van der Waals surface area contributed by atoms with Gasteiger partial charge in [-0.15, -0.1) is 0 Å². The first-order chi connectivity index (χ1) is 17.4. The number of hydrogen-bond donors (Lipinski definition) is 2. The molecule has 2 aromatic rings. The second-order valence-electron chi connectivity index (χ2n) is 11.1. The summed E-state index contributed by atoms with van der Waals surface area (Å²) in [4.78, 5) is 12.4. The Morgan fingerprint density at radius 3 is 1.86 bits per heavy atom. The summed E-state index contributed by atoms with van der Waals surface area (Å²) in [6, 6.07) is 18.5. The van der Waals surface area contributed by atoms with Crippen LogP contribution in [0.25, 0.3) is 0 Å². The molecular formula is C32H48N2O2. The number of alkyl carbamates (subject to hydrolysis) is 1. The maximum atomic E-state index is 12.4. The summed E-state index contributed by atoms with van der Waals surface area (Å²) in [7, 11) is 0. The average molecular weight is 493 g/mol. The molecule has 0 spiro atoms. The molecule has 2 aromatic carbocycles. The van der Waals surface area contributed by atoms with E-state index in [1.807, 2.05) is 0 Å². The summed E-state index contributed by atoms with van der Waals surface area (Å²) in [6.07, 6.45) is 7.73. The minimum absolute atomic E-state index is 0.0828. The van der Waals surface area contributed by atoms with Crippen LogP contribution in [0.1, 0.15) is 120 Å². The maximum absolute atomic E-state index is 12.4. The first kappa shape index (κ1) is 28.2. The minimum atomic E-state index is -0.282. The molecule has 2 atom stereocenters. The van der Waals surface area contributed by atoms with E-state index in [0.29, 0.717) is 18.4 Å². The summed E-state index contributed by atoms with van der Waals surface area (Å²) in [5.74, 6) is 1.27. The molecule has 0 bridgehead atoms. The zero-order valence-electron chi connectivity index (χ0n) is 23.2. The Balaban J connectivity index is 1.61. The molecule has 1 amide bonds. The van der Waals surface area contributed by atoms with Crippen molar-refractivity contribution in [3.05, 3.63) is 70.8 Å². The predicted octanol–water partition coefficient (Wildman–Crippen LogP) is 7.88. The van der Waals surface area contributed by atoms with Gasteiger partial charge in [0.05, 0.1) is 6.61 Å². The zero-order valence-corrected chi connectivity index (χ0v) is 23.2. The number of carbonyl (C=O) groups excluding carboxylic acids is 1. The monoisotopic (exact) mass is 492 g/mol. The van der Waals surface area contributed by atoms with Gasteiger partial charge in [0.15, 0.2) is 0 Å². The average Bonchev–Trinajstić information content (AvgIpc) is 3.32. The maximum Gasteiger partial charge on any atom is 0.407 e. The highest BCUT2D eigenvalue weighted by atomic mass is 16.5. The lowest BCUT2D eigenvalue weighted by molar-refractivity contribution is 0.140. The standard InChI is InChI=1S/C32H48N2O2/c1-6-7-8-9-10-11-20-36-32(35)34-29-21-30(33-22-29)31(27-16-12-25(13-17-27)23(2)3)28-18-14-26(15-19-28)24(4)5/h12-19,23-24,29-31,33H,6-11,20-22H2,1-5H3,(H,34,35)/t29-,30-/m1/s1. The van der Waals surface area contributed by atoms with Crippen LogP contribution in [0, 0.1) is 0 Å². The number of carbonyl (C=O) groups is 1. The number of rotatable bonds is 13. The summed E-state index contributed by atoms with van der Waals surface area (Å²) < 4.78 is 5.47. The SMILES string of the molecule is CCCCCCCCOC(=O)N[C@H]1CN[C@@H](C(c2ccc(C(C)C)cc2)c2ccc(C(C)C)cc2)C1. The fourth-order valence-electron chi connectivity index (χ4n) is 5.22. The molecule has 0 aliphatic carbocycles. The Kier molecular flexibility index (Phi) is 11.3. The van der Waals surface area contributed by atoms with Crippen LogP contribution < -0.4 is 10.6 Å². The number of nitrogens with one attached hydrogen (secondary N) is 2. The van der Waals surface area contributed by atoms with Gasteiger partial charge in [0.2, 0.25) is 0 Å². The second-order valence-corrected chi connectivity index (χ2v) is 11.1. The fraction of sp³-hybridized carbons (Fsp3) is 0.594. The van der Waals surface area contributed by atoms with Gasteiger partial charge in [-0.05, 0) is 46.9 Å². The number of unbranched alkanes of at least 4 members (excludes halogenated alkanes) is 5. The topological polar surface area (TPSA) is 50.4 Å². The quantitative estimate of drug-likeness (QED) is 0.280. The van der Waals surface area contributed by atoms with Crippen LogP contribution in [0.3, 0.4) is 0 Å². The Hall–Kier alpha value is -2.33. The molecule has 1 aliphatic heterocycles. The Morgan fingerprint density at radius 1 is 0.833 bits per heavy atom. The van der Waals surface area contributed by atoms with Crippen molar-refractivity contribution in [3.63, 3.8) is 0 Å². The molecule has 0 aromatic heterocycles. The van der Waals surface area contributed by atoms with E-state index in [0.717, 1.165) is 25.8 Å². The molecule has 1 heterocycles. The minimum Gasteiger partial charge on any atom is -0.450 e. The first-order valence-electron chi connectivity index (χ1n) is 14.2. The zero-order chi connectivity index (χ0) is 25.9. The van der Waals surface area contributed by atoms with Gasteiger partial charge in [-0.1, -0.05) is 115 Å². The molecule has 0 unspecified atom stereocenters. The Morgan fingerprint density at radius 2 is 1.33 bits per heavy atom. The smallest absolute Gasteiger partial charge is 0.407 e. The van der Waals surface area contributed by atoms with Crippen LogP contribution in [-0.2, 0) is 4.74 Å². The second kappa shape index (κ2) is 14.4. The van der Waals surface area contributed by atoms with Crippen molar-refractivity contribution in [2.75, 3.05) is 13.2 Å². The lowest BCUT2D eigenvalue weighted by Gasteiger charge is -2.26. The lowest BCUT2D eigenvalue weighted by atomic mass is 9.82. The molecule has 1 fully saturated rings. The molecule has 4 heteroatoms. The molecule has 0 saturated carbocycles. The van der Waals surface area contributed by atoms with Crippen LogP contribution in [0.5, 0.6) is 0 Å². The van der Waals surface area contributed by atoms with E-state index in [4.69, 9.17) is 4.74 Å². The van der Waals surface area contributed by atoms with E-state index < -0.39 is 0 Å². The van der Waals surface area contributed by atoms with Crippen LogP contribution >= 0.6 is 0 Å². The van der Waals surface area contributed by atoms with Crippen LogP contribution in [0.15, 0.2) is 48.5 Å². The highest BCUT2D eigenvalue weighted by Gasteiger charge is 2.33.